The van der Waals surface area contributed by atoms with Gasteiger partial charge in [-0.15, -0.1) is 0 Å². The number of rotatable bonds is 6. The average molecular weight is 482 g/mol. The largest absolute Gasteiger partial charge is 0.506 e. The quantitative estimate of drug-likeness (QED) is 0.397. The number of aromatic nitrogens is 2. The molecule has 1 amide bonds. The van der Waals surface area contributed by atoms with Crippen LogP contribution in [-0.2, 0) is 21.1 Å². The lowest BCUT2D eigenvalue weighted by Gasteiger charge is -2.11. The van der Waals surface area contributed by atoms with E-state index in [9.17, 15) is 22.7 Å². The highest BCUT2D eigenvalue weighted by molar-refractivity contribution is 7.91. The van der Waals surface area contributed by atoms with E-state index >= 15 is 0 Å². The maximum absolute atomic E-state index is 13.8. The number of hydrogen-bond acceptors (Lipinski definition) is 5. The first-order chi connectivity index (χ1) is 16.1. The average Bonchev–Trinajstić information content (AvgIpc) is 3.14. The molecule has 0 saturated heterocycles. The molecule has 7 nitrogen and oxygen atoms in total. The number of fused-ring (bicyclic) bond motifs is 1. The summed E-state index contributed by atoms with van der Waals surface area (Å²) in [4.78, 5) is 17.7. The van der Waals surface area contributed by atoms with Gasteiger partial charge in [0, 0.05) is 11.8 Å². The first-order valence-corrected chi connectivity index (χ1v) is 12.3. The predicted octanol–water partition coefficient (Wildman–Crippen LogP) is 4.44. The number of aromatic hydroxyl groups is 1. The molecule has 0 aliphatic heterocycles. The van der Waals surface area contributed by atoms with Crippen LogP contribution in [0.3, 0.4) is 0 Å². The highest BCUT2D eigenvalue weighted by Crippen LogP contribution is 2.29. The number of phenols is 1. The number of sulfone groups is 1. The van der Waals surface area contributed by atoms with Gasteiger partial charge in [0.25, 0.3) is 0 Å². The number of aryl methyl sites for hydroxylation is 2. The van der Waals surface area contributed by atoms with Crippen molar-refractivity contribution >= 4 is 27.1 Å². The second-order valence-corrected chi connectivity index (χ2v) is 10.4. The van der Waals surface area contributed by atoms with E-state index in [1.165, 1.54) is 31.2 Å². The van der Waals surface area contributed by atoms with Gasteiger partial charge in [-0.1, -0.05) is 13.0 Å². The summed E-state index contributed by atoms with van der Waals surface area (Å²) in [7, 11) is -3.51. The molecule has 176 valence electrons. The summed E-state index contributed by atoms with van der Waals surface area (Å²) in [6.45, 7) is 5.10. The lowest BCUT2D eigenvalue weighted by molar-refractivity contribution is -0.115. The molecule has 0 atom stereocenters. The van der Waals surface area contributed by atoms with Crippen molar-refractivity contribution in [2.75, 3.05) is 11.1 Å². The minimum atomic E-state index is -3.51. The molecule has 0 radical (unpaired) electrons. The fourth-order valence-corrected chi connectivity index (χ4v) is 4.62. The summed E-state index contributed by atoms with van der Waals surface area (Å²) in [6, 6.07) is 12.2. The molecule has 9 heteroatoms. The number of phenolic OH excluding ortho intramolecular Hbond substituents is 1. The Morgan fingerprint density at radius 3 is 2.59 bits per heavy atom. The minimum absolute atomic E-state index is 0.00343. The van der Waals surface area contributed by atoms with Gasteiger partial charge in [0.15, 0.2) is 9.84 Å². The number of carbonyl (C=O) groups is 1. The number of pyridine rings is 1. The van der Waals surface area contributed by atoms with Crippen LogP contribution in [0, 0.1) is 19.7 Å². The van der Waals surface area contributed by atoms with E-state index in [1.807, 2.05) is 25.3 Å². The van der Waals surface area contributed by atoms with Crippen LogP contribution in [0.1, 0.15) is 23.7 Å². The van der Waals surface area contributed by atoms with Crippen LogP contribution in [0.2, 0.25) is 0 Å². The Hall–Kier alpha value is -3.72. The molecule has 0 spiro atoms. The molecular formula is C25H24FN3O4S. The number of carbonyl (C=O) groups excluding carboxylic acids is 1. The lowest BCUT2D eigenvalue weighted by atomic mass is 10.1. The van der Waals surface area contributed by atoms with Gasteiger partial charge in [-0.2, -0.15) is 0 Å². The number of benzene rings is 2. The van der Waals surface area contributed by atoms with Crippen LogP contribution < -0.4 is 5.32 Å². The van der Waals surface area contributed by atoms with E-state index in [4.69, 9.17) is 0 Å². The third-order valence-electron chi connectivity index (χ3n) is 5.61. The van der Waals surface area contributed by atoms with Gasteiger partial charge in [0.1, 0.15) is 17.2 Å². The Balaban J connectivity index is 1.73. The maximum atomic E-state index is 13.8. The van der Waals surface area contributed by atoms with Gasteiger partial charge < -0.3 is 14.8 Å². The number of anilines is 1. The summed E-state index contributed by atoms with van der Waals surface area (Å²) in [6.07, 6.45) is 1.75. The van der Waals surface area contributed by atoms with Crippen LogP contribution in [0.5, 0.6) is 5.75 Å². The van der Waals surface area contributed by atoms with Gasteiger partial charge >= 0.3 is 0 Å². The van der Waals surface area contributed by atoms with Gasteiger partial charge in [-0.3, -0.25) is 4.79 Å². The Bertz CT molecular complexity index is 1530. The topological polar surface area (TPSA) is 101 Å². The number of nitrogens with zero attached hydrogens (tertiary/aromatic N) is 2. The molecule has 0 aliphatic carbocycles. The van der Waals surface area contributed by atoms with Crippen molar-refractivity contribution < 1.29 is 22.7 Å². The Morgan fingerprint density at radius 1 is 1.12 bits per heavy atom. The molecule has 0 bridgehead atoms. The van der Waals surface area contributed by atoms with E-state index < -0.39 is 15.7 Å². The Labute approximate surface area is 196 Å². The van der Waals surface area contributed by atoms with Crippen molar-refractivity contribution in [1.29, 1.82) is 0 Å². The number of hydrogen-bond donors (Lipinski definition) is 2. The fraction of sp³-hybridized carbons (Fsp3) is 0.200. The molecule has 0 saturated carbocycles. The Kier molecular flexibility index (Phi) is 6.14. The fourth-order valence-electron chi connectivity index (χ4n) is 3.71. The molecule has 0 unspecified atom stereocenters. The second kappa shape index (κ2) is 8.90. The van der Waals surface area contributed by atoms with Crippen molar-refractivity contribution in [2.24, 2.45) is 0 Å². The second-order valence-electron chi connectivity index (χ2n) is 8.11. The summed E-state index contributed by atoms with van der Waals surface area (Å²) in [5, 5.41) is 12.8. The van der Waals surface area contributed by atoms with Gasteiger partial charge in [-0.25, -0.2) is 17.8 Å². The third kappa shape index (κ3) is 4.51. The molecule has 2 heterocycles. The molecule has 34 heavy (non-hydrogen) atoms. The van der Waals surface area contributed by atoms with E-state index in [2.05, 4.69) is 10.3 Å². The number of halogens is 1. The zero-order chi connectivity index (χ0) is 24.6. The van der Waals surface area contributed by atoms with Crippen LogP contribution in [0.15, 0.2) is 59.6 Å². The van der Waals surface area contributed by atoms with E-state index in [-0.39, 0.29) is 34.3 Å². The zero-order valence-corrected chi connectivity index (χ0v) is 19.8. The molecule has 2 aromatic heterocycles. The van der Waals surface area contributed by atoms with Crippen LogP contribution in [0.25, 0.3) is 16.9 Å². The molecule has 4 rings (SSSR count). The van der Waals surface area contributed by atoms with Crippen molar-refractivity contribution in [3.05, 3.63) is 77.4 Å². The van der Waals surface area contributed by atoms with Crippen molar-refractivity contribution in [3.8, 4) is 17.0 Å². The first-order valence-electron chi connectivity index (χ1n) is 10.7. The predicted molar refractivity (Wildman–Crippen MR) is 128 cm³/mol. The summed E-state index contributed by atoms with van der Waals surface area (Å²) >= 11 is 0. The Morgan fingerprint density at radius 2 is 1.88 bits per heavy atom. The molecule has 2 N–H and O–H groups in total. The van der Waals surface area contributed by atoms with Gasteiger partial charge in [0.2, 0.25) is 5.91 Å². The SMILES string of the molecule is CCS(=O)(=O)c1ccc(O)c(NC(=O)Cc2c(-c3ccc(F)c(C)c3)nc3ccc(C)cn23)c1. The van der Waals surface area contributed by atoms with Gasteiger partial charge in [-0.05, 0) is 67.4 Å². The number of imidazole rings is 1. The van der Waals surface area contributed by atoms with Crippen molar-refractivity contribution in [1.82, 2.24) is 9.38 Å². The minimum Gasteiger partial charge on any atom is -0.506 e. The third-order valence-corrected chi connectivity index (χ3v) is 7.34. The van der Waals surface area contributed by atoms with E-state index in [1.54, 1.807) is 23.5 Å². The summed E-state index contributed by atoms with van der Waals surface area (Å²) in [5.41, 5.74) is 3.84. The van der Waals surface area contributed by atoms with Gasteiger partial charge in [0.05, 0.1) is 34.1 Å². The molecule has 0 fully saturated rings. The molecule has 0 aliphatic rings. The zero-order valence-electron chi connectivity index (χ0n) is 19.0. The number of amides is 1. The monoisotopic (exact) mass is 481 g/mol. The first kappa shape index (κ1) is 23.4. The van der Waals surface area contributed by atoms with Crippen LogP contribution >= 0.6 is 0 Å². The summed E-state index contributed by atoms with van der Waals surface area (Å²) < 4.78 is 40.1. The maximum Gasteiger partial charge on any atom is 0.230 e. The van der Waals surface area contributed by atoms with Crippen molar-refractivity contribution in [3.63, 3.8) is 0 Å². The van der Waals surface area contributed by atoms with Crippen LogP contribution in [0.4, 0.5) is 10.1 Å². The molecule has 2 aromatic carbocycles. The number of nitrogens with one attached hydrogen (secondary N) is 1. The van der Waals surface area contributed by atoms with E-state index in [0.717, 1.165) is 5.56 Å². The molecular weight excluding hydrogens is 457 g/mol. The lowest BCUT2D eigenvalue weighted by Crippen LogP contribution is -2.17. The van der Waals surface area contributed by atoms with Crippen LogP contribution in [-0.4, -0.2) is 34.6 Å². The highest BCUT2D eigenvalue weighted by atomic mass is 32.2. The standard InChI is InChI=1S/C25H24FN3O4S/c1-4-34(32,33)18-7-9-22(30)20(12-18)27-24(31)13-21-25(17-6-8-19(26)16(3)11-17)28-23-10-5-15(2)14-29(21)23/h5-12,14,30H,4,13H2,1-3H3,(H,27,31). The van der Waals surface area contributed by atoms with Crippen molar-refractivity contribution in [2.45, 2.75) is 32.1 Å². The van der Waals surface area contributed by atoms with E-state index in [0.29, 0.717) is 28.2 Å². The highest BCUT2D eigenvalue weighted by Gasteiger charge is 2.20. The smallest absolute Gasteiger partial charge is 0.230 e. The normalized spacial score (nSPS) is 11.6. The molecule has 4 aromatic rings. The summed E-state index contributed by atoms with van der Waals surface area (Å²) in [5.74, 6) is -1.15.